The summed E-state index contributed by atoms with van der Waals surface area (Å²) in [5.74, 6) is 1.01. The topological polar surface area (TPSA) is 55.6 Å². The lowest BCUT2D eigenvalue weighted by Gasteiger charge is -2.17. The summed E-state index contributed by atoms with van der Waals surface area (Å²) < 4.78 is 6.30. The maximum atomic E-state index is 12.7. The van der Waals surface area contributed by atoms with Crippen LogP contribution in [0, 0.1) is 0 Å². The maximum absolute atomic E-state index is 12.7. The number of benzene rings is 2. The smallest absolute Gasteiger partial charge is 0.227 e. The van der Waals surface area contributed by atoms with Crippen LogP contribution in [0.2, 0.25) is 0 Å². The monoisotopic (exact) mass is 388 g/mol. The third-order valence-electron chi connectivity index (χ3n) is 4.53. The predicted molar refractivity (Wildman–Crippen MR) is 98.1 cm³/mol. The molecule has 0 bridgehead atoms. The molecule has 4 nitrogen and oxygen atoms in total. The summed E-state index contributed by atoms with van der Waals surface area (Å²) in [5.41, 5.74) is 8.36. The molecule has 0 spiro atoms. The van der Waals surface area contributed by atoms with Gasteiger partial charge in [-0.15, -0.1) is 0 Å². The molecule has 1 amide bonds. The SMILES string of the molecule is COc1ccc(Br)cc1CC(=O)N1C[C@@H](N)[C@H](c2ccccc2)C1. The minimum absolute atomic E-state index is 0.0271. The number of nitrogens with zero attached hydrogens (tertiary/aromatic N) is 1. The Morgan fingerprint density at radius 3 is 2.71 bits per heavy atom. The average Bonchev–Trinajstić information content (AvgIpc) is 2.98. The first-order valence-electron chi connectivity index (χ1n) is 7.99. The van der Waals surface area contributed by atoms with Crippen LogP contribution in [0.5, 0.6) is 5.75 Å². The highest BCUT2D eigenvalue weighted by Gasteiger charge is 2.33. The lowest BCUT2D eigenvalue weighted by molar-refractivity contribution is -0.129. The molecule has 1 heterocycles. The zero-order chi connectivity index (χ0) is 17.1. The largest absolute Gasteiger partial charge is 0.496 e. The molecule has 2 aromatic rings. The number of halogens is 1. The lowest BCUT2D eigenvalue weighted by atomic mass is 9.95. The number of carbonyl (C=O) groups excluding carboxylic acids is 1. The number of nitrogens with two attached hydrogens (primary N) is 1. The van der Waals surface area contributed by atoms with Crippen molar-refractivity contribution in [3.63, 3.8) is 0 Å². The van der Waals surface area contributed by atoms with Gasteiger partial charge in [-0.1, -0.05) is 46.3 Å². The van der Waals surface area contributed by atoms with Gasteiger partial charge in [-0.2, -0.15) is 0 Å². The van der Waals surface area contributed by atoms with Gasteiger partial charge in [0.15, 0.2) is 0 Å². The van der Waals surface area contributed by atoms with E-state index in [1.807, 2.05) is 41.3 Å². The van der Waals surface area contributed by atoms with Crippen LogP contribution in [-0.4, -0.2) is 37.0 Å². The first-order valence-corrected chi connectivity index (χ1v) is 8.78. The zero-order valence-electron chi connectivity index (χ0n) is 13.6. The summed E-state index contributed by atoms with van der Waals surface area (Å²) in [4.78, 5) is 14.6. The van der Waals surface area contributed by atoms with Crippen molar-refractivity contribution >= 4 is 21.8 Å². The third-order valence-corrected chi connectivity index (χ3v) is 5.02. The molecule has 0 unspecified atom stereocenters. The molecule has 24 heavy (non-hydrogen) atoms. The standard InChI is InChI=1S/C19H21BrN2O2/c1-24-18-8-7-15(20)9-14(18)10-19(23)22-11-16(17(21)12-22)13-5-3-2-4-6-13/h2-9,16-17H,10-12,21H2,1H3/t16-,17+/m0/s1. The molecule has 2 atom stereocenters. The van der Waals surface area contributed by atoms with Crippen molar-refractivity contribution in [3.8, 4) is 5.75 Å². The van der Waals surface area contributed by atoms with E-state index in [0.717, 1.165) is 15.8 Å². The first-order chi connectivity index (χ1) is 11.6. The van der Waals surface area contributed by atoms with Gasteiger partial charge in [-0.05, 0) is 23.8 Å². The van der Waals surface area contributed by atoms with Crippen LogP contribution in [-0.2, 0) is 11.2 Å². The van der Waals surface area contributed by atoms with Gasteiger partial charge >= 0.3 is 0 Å². The Kier molecular flexibility index (Phi) is 5.21. The number of hydrogen-bond acceptors (Lipinski definition) is 3. The quantitative estimate of drug-likeness (QED) is 0.875. The molecular formula is C19H21BrN2O2. The van der Waals surface area contributed by atoms with Crippen LogP contribution < -0.4 is 10.5 Å². The average molecular weight is 389 g/mol. The fourth-order valence-corrected chi connectivity index (χ4v) is 3.65. The molecule has 2 N–H and O–H groups in total. The summed E-state index contributed by atoms with van der Waals surface area (Å²) in [6, 6.07) is 15.9. The van der Waals surface area contributed by atoms with Crippen LogP contribution in [0.25, 0.3) is 0 Å². The van der Waals surface area contributed by atoms with E-state index in [1.54, 1.807) is 7.11 Å². The Balaban J connectivity index is 1.72. The molecule has 0 radical (unpaired) electrons. The Labute approximate surface area is 150 Å². The van der Waals surface area contributed by atoms with E-state index in [0.29, 0.717) is 19.5 Å². The van der Waals surface area contributed by atoms with E-state index in [2.05, 4.69) is 28.1 Å². The zero-order valence-corrected chi connectivity index (χ0v) is 15.2. The van der Waals surface area contributed by atoms with Crippen molar-refractivity contribution in [2.75, 3.05) is 20.2 Å². The van der Waals surface area contributed by atoms with E-state index in [4.69, 9.17) is 10.5 Å². The molecule has 126 valence electrons. The number of hydrogen-bond donors (Lipinski definition) is 1. The Hall–Kier alpha value is -1.85. The third kappa shape index (κ3) is 3.62. The van der Waals surface area contributed by atoms with Gasteiger partial charge < -0.3 is 15.4 Å². The van der Waals surface area contributed by atoms with Crippen molar-refractivity contribution in [2.24, 2.45) is 5.73 Å². The number of amides is 1. The van der Waals surface area contributed by atoms with E-state index < -0.39 is 0 Å². The highest BCUT2D eigenvalue weighted by Crippen LogP contribution is 2.28. The first kappa shape index (κ1) is 17.0. The van der Waals surface area contributed by atoms with Gasteiger partial charge in [-0.3, -0.25) is 4.79 Å². The van der Waals surface area contributed by atoms with Gasteiger partial charge in [0.1, 0.15) is 5.75 Å². The number of ether oxygens (including phenoxy) is 1. The molecule has 1 aliphatic rings. The van der Waals surface area contributed by atoms with E-state index in [-0.39, 0.29) is 17.9 Å². The van der Waals surface area contributed by atoms with Crippen molar-refractivity contribution in [1.29, 1.82) is 0 Å². The molecule has 1 aliphatic heterocycles. The second kappa shape index (κ2) is 7.36. The van der Waals surface area contributed by atoms with Crippen LogP contribution >= 0.6 is 15.9 Å². The molecule has 5 heteroatoms. The number of likely N-dealkylation sites (tertiary alicyclic amines) is 1. The molecule has 3 rings (SSSR count). The van der Waals surface area contributed by atoms with Crippen LogP contribution in [0.4, 0.5) is 0 Å². The maximum Gasteiger partial charge on any atom is 0.227 e. The summed E-state index contributed by atoms with van der Waals surface area (Å²) >= 11 is 3.45. The molecular weight excluding hydrogens is 368 g/mol. The Morgan fingerprint density at radius 1 is 1.25 bits per heavy atom. The van der Waals surface area contributed by atoms with Gasteiger partial charge in [0.2, 0.25) is 5.91 Å². The second-order valence-corrected chi connectivity index (χ2v) is 7.03. The molecule has 0 saturated carbocycles. The number of carbonyl (C=O) groups is 1. The van der Waals surface area contributed by atoms with Gasteiger partial charge in [0.05, 0.1) is 13.5 Å². The van der Waals surface area contributed by atoms with Gasteiger partial charge in [0, 0.05) is 35.1 Å². The van der Waals surface area contributed by atoms with E-state index in [1.165, 1.54) is 5.56 Å². The number of rotatable bonds is 4. The van der Waals surface area contributed by atoms with Crippen LogP contribution in [0.15, 0.2) is 53.0 Å². The lowest BCUT2D eigenvalue weighted by Crippen LogP contribution is -2.33. The van der Waals surface area contributed by atoms with Crippen LogP contribution in [0.3, 0.4) is 0 Å². The van der Waals surface area contributed by atoms with Crippen molar-refractivity contribution in [2.45, 2.75) is 18.4 Å². The van der Waals surface area contributed by atoms with E-state index in [9.17, 15) is 4.79 Å². The van der Waals surface area contributed by atoms with E-state index >= 15 is 0 Å². The molecule has 2 aromatic carbocycles. The normalized spacial score (nSPS) is 20.2. The molecule has 1 saturated heterocycles. The summed E-state index contributed by atoms with van der Waals surface area (Å²) in [7, 11) is 1.62. The highest BCUT2D eigenvalue weighted by molar-refractivity contribution is 9.10. The number of methoxy groups -OCH3 is 1. The second-order valence-electron chi connectivity index (χ2n) is 6.11. The molecule has 0 aliphatic carbocycles. The van der Waals surface area contributed by atoms with Crippen LogP contribution in [0.1, 0.15) is 17.0 Å². The molecule has 1 fully saturated rings. The summed E-state index contributed by atoms with van der Waals surface area (Å²) in [6.07, 6.45) is 0.316. The van der Waals surface area contributed by atoms with Crippen molar-refractivity contribution < 1.29 is 9.53 Å². The minimum atomic E-state index is -0.0271. The minimum Gasteiger partial charge on any atom is -0.496 e. The Bertz CT molecular complexity index is 721. The Morgan fingerprint density at radius 2 is 2.00 bits per heavy atom. The predicted octanol–water partition coefficient (Wildman–Crippen LogP) is 2.95. The summed E-state index contributed by atoms with van der Waals surface area (Å²) in [5, 5.41) is 0. The van der Waals surface area contributed by atoms with Gasteiger partial charge in [-0.25, -0.2) is 0 Å². The summed E-state index contributed by atoms with van der Waals surface area (Å²) in [6.45, 7) is 1.26. The highest BCUT2D eigenvalue weighted by atomic mass is 79.9. The van der Waals surface area contributed by atoms with Gasteiger partial charge in [0.25, 0.3) is 0 Å². The van der Waals surface area contributed by atoms with Crippen molar-refractivity contribution in [3.05, 3.63) is 64.1 Å². The van der Waals surface area contributed by atoms with Crippen molar-refractivity contribution in [1.82, 2.24) is 4.90 Å². The fraction of sp³-hybridized carbons (Fsp3) is 0.316. The molecule has 0 aromatic heterocycles. The fourth-order valence-electron chi connectivity index (χ4n) is 3.25.